The molecule has 0 fully saturated rings. The summed E-state index contributed by atoms with van der Waals surface area (Å²) in [5.41, 5.74) is 0. The fraction of sp³-hybridized carbons (Fsp3) is 0.500. The number of nitrogens with one attached hydrogen (secondary N) is 1. The van der Waals surface area contributed by atoms with E-state index in [1.807, 2.05) is 13.8 Å². The molecule has 0 unspecified atom stereocenters. The molecule has 0 heterocycles. The van der Waals surface area contributed by atoms with Crippen molar-refractivity contribution in [2.75, 3.05) is 0 Å². The largest absolute Gasteiger partial charge is 0.311 e. The summed E-state index contributed by atoms with van der Waals surface area (Å²) in [6.45, 7) is 5.29. The number of carbonyl (C=O) groups excluding carboxylic acids is 1. The lowest BCUT2D eigenvalue weighted by Crippen LogP contribution is -2.17. The average Bonchev–Trinajstić information content (AvgIpc) is 1.97. The number of rotatable bonds is 3. The molecule has 3 nitrogen and oxygen atoms in total. The Morgan fingerprint density at radius 2 is 2.27 bits per heavy atom. The molecule has 0 spiro atoms. The second-order valence-electron chi connectivity index (χ2n) is 2.08. The Bertz CT molecular complexity index is 183. The molecular formula is C8H14N2O. The smallest absolute Gasteiger partial charge is 0.222 e. The van der Waals surface area contributed by atoms with Gasteiger partial charge in [-0.2, -0.15) is 0 Å². The summed E-state index contributed by atoms with van der Waals surface area (Å²) in [7, 11) is 0. The van der Waals surface area contributed by atoms with Gasteiger partial charge >= 0.3 is 0 Å². The van der Waals surface area contributed by atoms with E-state index in [9.17, 15) is 4.79 Å². The second kappa shape index (κ2) is 5.65. The number of nitrogens with zero attached hydrogens (tertiary/aromatic N) is 1. The van der Waals surface area contributed by atoms with Gasteiger partial charge in [-0.1, -0.05) is 6.92 Å². The number of allylic oxidation sites excluding steroid dienone is 1. The summed E-state index contributed by atoms with van der Waals surface area (Å²) in [4.78, 5) is 14.6. The van der Waals surface area contributed by atoms with Crippen molar-refractivity contribution in [2.45, 2.75) is 27.2 Å². The van der Waals surface area contributed by atoms with Gasteiger partial charge in [0.1, 0.15) is 5.82 Å². The van der Waals surface area contributed by atoms with Crippen molar-refractivity contribution in [3.05, 3.63) is 11.9 Å². The van der Waals surface area contributed by atoms with Gasteiger partial charge in [-0.3, -0.25) is 4.79 Å². The van der Waals surface area contributed by atoms with Gasteiger partial charge in [0.2, 0.25) is 5.91 Å². The van der Waals surface area contributed by atoms with Crippen LogP contribution in [0, 0.1) is 0 Å². The fourth-order valence-corrected chi connectivity index (χ4v) is 0.549. The number of hydrogen-bond donors (Lipinski definition) is 1. The van der Waals surface area contributed by atoms with Crippen LogP contribution in [0.25, 0.3) is 0 Å². The molecule has 1 N–H and O–H groups in total. The monoisotopic (exact) mass is 154 g/mol. The van der Waals surface area contributed by atoms with E-state index in [2.05, 4.69) is 10.3 Å². The molecule has 0 aromatic carbocycles. The lowest BCUT2D eigenvalue weighted by Gasteiger charge is -1.99. The number of amides is 1. The Kier molecular flexibility index (Phi) is 5.07. The first-order valence-electron chi connectivity index (χ1n) is 3.67. The Hall–Kier alpha value is -1.12. The topological polar surface area (TPSA) is 41.5 Å². The van der Waals surface area contributed by atoms with Crippen LogP contribution in [0.2, 0.25) is 0 Å². The molecule has 0 aliphatic carbocycles. The van der Waals surface area contributed by atoms with Gasteiger partial charge < -0.3 is 5.32 Å². The molecule has 0 aliphatic heterocycles. The second-order valence-corrected chi connectivity index (χ2v) is 2.08. The summed E-state index contributed by atoms with van der Waals surface area (Å²) in [6, 6.07) is 0. The van der Waals surface area contributed by atoms with Crippen LogP contribution in [0.5, 0.6) is 0 Å². The van der Waals surface area contributed by atoms with Gasteiger partial charge in [0.05, 0.1) is 0 Å². The summed E-state index contributed by atoms with van der Waals surface area (Å²) < 4.78 is 0. The SMILES string of the molecule is C/C=C(\N=C/CC)NC(C)=O. The van der Waals surface area contributed by atoms with Gasteiger partial charge in [-0.05, 0) is 19.4 Å². The zero-order valence-electron chi connectivity index (χ0n) is 7.22. The minimum atomic E-state index is -0.0913. The Labute approximate surface area is 67.2 Å². The van der Waals surface area contributed by atoms with Gasteiger partial charge in [0.25, 0.3) is 0 Å². The Balaban J connectivity index is 3.98. The minimum Gasteiger partial charge on any atom is -0.311 e. The predicted molar refractivity (Wildman–Crippen MR) is 46.4 cm³/mol. The van der Waals surface area contributed by atoms with Crippen LogP contribution in [0.4, 0.5) is 0 Å². The van der Waals surface area contributed by atoms with Gasteiger partial charge in [0.15, 0.2) is 0 Å². The van der Waals surface area contributed by atoms with Crippen molar-refractivity contribution in [3.63, 3.8) is 0 Å². The van der Waals surface area contributed by atoms with E-state index in [0.717, 1.165) is 6.42 Å². The van der Waals surface area contributed by atoms with Crippen LogP contribution in [-0.2, 0) is 4.79 Å². The zero-order valence-corrected chi connectivity index (χ0v) is 7.22. The fourth-order valence-electron chi connectivity index (χ4n) is 0.549. The molecule has 0 aromatic rings. The van der Waals surface area contributed by atoms with Crippen molar-refractivity contribution in [3.8, 4) is 0 Å². The van der Waals surface area contributed by atoms with Crippen LogP contribution in [-0.4, -0.2) is 12.1 Å². The highest BCUT2D eigenvalue weighted by Crippen LogP contribution is 1.89. The van der Waals surface area contributed by atoms with E-state index in [-0.39, 0.29) is 5.91 Å². The van der Waals surface area contributed by atoms with Crippen LogP contribution in [0.15, 0.2) is 16.9 Å². The maximum Gasteiger partial charge on any atom is 0.222 e. The molecule has 62 valence electrons. The third-order valence-corrected chi connectivity index (χ3v) is 0.990. The standard InChI is InChI=1S/C8H14N2O/c1-4-6-9-8(5-2)10-7(3)11/h5-6H,4H2,1-3H3,(H,10,11)/b8-5+,9-6-. The predicted octanol–water partition coefficient (Wildman–Crippen LogP) is 1.46. The molecule has 1 amide bonds. The minimum absolute atomic E-state index is 0.0913. The highest BCUT2D eigenvalue weighted by molar-refractivity contribution is 5.75. The molecule has 0 aromatic heterocycles. The van der Waals surface area contributed by atoms with Crippen LogP contribution in [0.3, 0.4) is 0 Å². The van der Waals surface area contributed by atoms with Crippen LogP contribution >= 0.6 is 0 Å². The Morgan fingerprint density at radius 3 is 2.64 bits per heavy atom. The molecule has 0 bridgehead atoms. The molecular weight excluding hydrogens is 140 g/mol. The molecule has 0 rings (SSSR count). The number of hydrogen-bond acceptors (Lipinski definition) is 2. The van der Waals surface area contributed by atoms with E-state index in [1.165, 1.54) is 6.92 Å². The first-order chi connectivity index (χ1) is 5.20. The van der Waals surface area contributed by atoms with Crippen LogP contribution < -0.4 is 5.32 Å². The molecule has 0 radical (unpaired) electrons. The Morgan fingerprint density at radius 1 is 1.64 bits per heavy atom. The summed E-state index contributed by atoms with van der Waals surface area (Å²) >= 11 is 0. The molecule has 0 saturated heterocycles. The normalized spacial score (nSPS) is 12.1. The zero-order chi connectivity index (χ0) is 8.69. The van der Waals surface area contributed by atoms with E-state index >= 15 is 0 Å². The maximum atomic E-state index is 10.6. The molecule has 0 saturated carbocycles. The average molecular weight is 154 g/mol. The number of aliphatic imine (C=N–C) groups is 1. The summed E-state index contributed by atoms with van der Waals surface area (Å²) in [5.74, 6) is 0.519. The van der Waals surface area contributed by atoms with E-state index in [0.29, 0.717) is 5.82 Å². The van der Waals surface area contributed by atoms with Crippen LogP contribution in [0.1, 0.15) is 27.2 Å². The van der Waals surface area contributed by atoms with Crippen molar-refractivity contribution in [1.82, 2.24) is 5.32 Å². The lowest BCUT2D eigenvalue weighted by atomic mass is 10.5. The van der Waals surface area contributed by atoms with Crippen molar-refractivity contribution < 1.29 is 4.79 Å². The van der Waals surface area contributed by atoms with E-state index < -0.39 is 0 Å². The van der Waals surface area contributed by atoms with Gasteiger partial charge in [-0.25, -0.2) is 4.99 Å². The van der Waals surface area contributed by atoms with Gasteiger partial charge in [-0.15, -0.1) is 0 Å². The molecule has 0 atom stereocenters. The van der Waals surface area contributed by atoms with Crippen molar-refractivity contribution in [1.29, 1.82) is 0 Å². The third kappa shape index (κ3) is 5.33. The molecule has 11 heavy (non-hydrogen) atoms. The van der Waals surface area contributed by atoms with E-state index in [4.69, 9.17) is 0 Å². The summed E-state index contributed by atoms with van der Waals surface area (Å²) in [5, 5.41) is 2.59. The van der Waals surface area contributed by atoms with Gasteiger partial charge in [0, 0.05) is 13.1 Å². The molecule has 0 aliphatic rings. The lowest BCUT2D eigenvalue weighted by molar-refractivity contribution is -0.118. The van der Waals surface area contributed by atoms with E-state index in [1.54, 1.807) is 12.3 Å². The first kappa shape index (κ1) is 9.88. The molecule has 3 heteroatoms. The van der Waals surface area contributed by atoms with Crippen molar-refractivity contribution in [2.24, 2.45) is 4.99 Å². The highest BCUT2D eigenvalue weighted by atomic mass is 16.1. The quantitative estimate of drug-likeness (QED) is 0.614. The summed E-state index contributed by atoms with van der Waals surface area (Å²) in [6.07, 6.45) is 4.38. The first-order valence-corrected chi connectivity index (χ1v) is 3.67. The highest BCUT2D eigenvalue weighted by Gasteiger charge is 1.92. The third-order valence-electron chi connectivity index (χ3n) is 0.990. The van der Waals surface area contributed by atoms with Crippen molar-refractivity contribution >= 4 is 12.1 Å². The maximum absolute atomic E-state index is 10.6. The number of carbonyl (C=O) groups is 1.